The van der Waals surface area contributed by atoms with Crippen molar-refractivity contribution in [2.45, 2.75) is 24.8 Å². The van der Waals surface area contributed by atoms with Crippen LogP contribution in [0.5, 0.6) is 11.5 Å². The van der Waals surface area contributed by atoms with Gasteiger partial charge >= 0.3 is 0 Å². The van der Waals surface area contributed by atoms with Crippen LogP contribution in [-0.4, -0.2) is 40.5 Å². The van der Waals surface area contributed by atoms with Crippen LogP contribution in [0.3, 0.4) is 0 Å². The summed E-state index contributed by atoms with van der Waals surface area (Å²) in [5.74, 6) is 0.431. The number of anilines is 3. The molecule has 0 aliphatic heterocycles. The smallest absolute Gasteiger partial charge is 0.265 e. The summed E-state index contributed by atoms with van der Waals surface area (Å²) in [6.07, 6.45) is -0.809. The van der Waals surface area contributed by atoms with Crippen molar-refractivity contribution in [2.75, 3.05) is 29.1 Å². The van der Waals surface area contributed by atoms with Gasteiger partial charge in [0.25, 0.3) is 15.9 Å². The van der Waals surface area contributed by atoms with Gasteiger partial charge in [-0.05, 0) is 79.7 Å². The Morgan fingerprint density at radius 2 is 1.34 bits per heavy atom. The standard InChI is InChI=1S/C25H27N3O6S/c1-17(25(30)27-20-7-5-19(6-8-20)26-18(2)29)34-23-11-9-21(10-12-23)28(3)35(31,32)24-15-13-22(33-4)14-16-24/h5-17H,1-4H3,(H,26,29)(H,27,30). The molecule has 0 bridgehead atoms. The third-order valence-corrected chi connectivity index (χ3v) is 6.87. The molecule has 0 spiro atoms. The first-order valence-electron chi connectivity index (χ1n) is 10.7. The lowest BCUT2D eigenvalue weighted by atomic mass is 10.2. The molecule has 3 rings (SSSR count). The molecule has 0 aliphatic carbocycles. The summed E-state index contributed by atoms with van der Waals surface area (Å²) >= 11 is 0. The summed E-state index contributed by atoms with van der Waals surface area (Å²) in [5, 5.41) is 5.40. The topological polar surface area (TPSA) is 114 Å². The van der Waals surface area contributed by atoms with E-state index in [2.05, 4.69) is 10.6 Å². The molecule has 0 heterocycles. The number of ether oxygens (including phenoxy) is 2. The van der Waals surface area contributed by atoms with E-state index in [0.29, 0.717) is 28.6 Å². The average Bonchev–Trinajstić information content (AvgIpc) is 2.85. The normalized spacial score (nSPS) is 11.8. The van der Waals surface area contributed by atoms with E-state index in [-0.39, 0.29) is 16.7 Å². The van der Waals surface area contributed by atoms with E-state index in [1.54, 1.807) is 67.6 Å². The first kappa shape index (κ1) is 25.6. The van der Waals surface area contributed by atoms with Gasteiger partial charge in [0.2, 0.25) is 5.91 Å². The predicted molar refractivity (Wildman–Crippen MR) is 134 cm³/mol. The Balaban J connectivity index is 1.61. The molecule has 0 saturated heterocycles. The van der Waals surface area contributed by atoms with Crippen LogP contribution in [-0.2, 0) is 19.6 Å². The predicted octanol–water partition coefficient (Wildman–Crippen LogP) is 3.88. The molecular formula is C25H27N3O6S. The highest BCUT2D eigenvalue weighted by atomic mass is 32.2. The Bertz CT molecular complexity index is 1270. The minimum atomic E-state index is -3.76. The molecule has 1 atom stereocenters. The Labute approximate surface area is 204 Å². The molecule has 9 nitrogen and oxygen atoms in total. The molecule has 3 aromatic rings. The summed E-state index contributed by atoms with van der Waals surface area (Å²) in [6.45, 7) is 3.02. The summed E-state index contributed by atoms with van der Waals surface area (Å²) in [7, 11) is -0.790. The second kappa shape index (κ2) is 10.9. The maximum absolute atomic E-state index is 12.9. The van der Waals surface area contributed by atoms with E-state index >= 15 is 0 Å². The average molecular weight is 498 g/mol. The summed E-state index contributed by atoms with van der Waals surface area (Å²) in [6, 6.07) is 19.2. The second-order valence-corrected chi connectivity index (χ2v) is 9.62. The molecule has 184 valence electrons. The van der Waals surface area contributed by atoms with E-state index < -0.39 is 16.1 Å². The Morgan fingerprint density at radius 1 is 0.829 bits per heavy atom. The molecule has 0 aromatic heterocycles. The van der Waals surface area contributed by atoms with Crippen molar-refractivity contribution in [1.29, 1.82) is 0 Å². The molecule has 0 radical (unpaired) electrons. The van der Waals surface area contributed by atoms with Gasteiger partial charge in [-0.25, -0.2) is 8.42 Å². The monoisotopic (exact) mass is 497 g/mol. The lowest BCUT2D eigenvalue weighted by Crippen LogP contribution is -2.30. The Hall–Kier alpha value is -4.05. The number of sulfonamides is 1. The number of carbonyl (C=O) groups excluding carboxylic acids is 2. The van der Waals surface area contributed by atoms with Gasteiger partial charge in [-0.3, -0.25) is 13.9 Å². The minimum Gasteiger partial charge on any atom is -0.497 e. The fourth-order valence-corrected chi connectivity index (χ4v) is 4.32. The zero-order chi connectivity index (χ0) is 25.6. The maximum atomic E-state index is 12.9. The van der Waals surface area contributed by atoms with Crippen molar-refractivity contribution < 1.29 is 27.5 Å². The second-order valence-electron chi connectivity index (χ2n) is 7.65. The molecule has 0 aliphatic rings. The highest BCUT2D eigenvalue weighted by Gasteiger charge is 2.22. The lowest BCUT2D eigenvalue weighted by molar-refractivity contribution is -0.122. The van der Waals surface area contributed by atoms with Crippen LogP contribution in [0, 0.1) is 0 Å². The van der Waals surface area contributed by atoms with Crippen LogP contribution >= 0.6 is 0 Å². The van der Waals surface area contributed by atoms with Gasteiger partial charge in [0.05, 0.1) is 17.7 Å². The van der Waals surface area contributed by atoms with Crippen molar-refractivity contribution in [3.05, 3.63) is 72.8 Å². The van der Waals surface area contributed by atoms with Crippen molar-refractivity contribution in [3.8, 4) is 11.5 Å². The van der Waals surface area contributed by atoms with E-state index in [0.717, 1.165) is 0 Å². The van der Waals surface area contributed by atoms with Gasteiger partial charge < -0.3 is 20.1 Å². The molecule has 0 fully saturated rings. The number of hydrogen-bond donors (Lipinski definition) is 2. The van der Waals surface area contributed by atoms with Crippen LogP contribution in [0.15, 0.2) is 77.7 Å². The van der Waals surface area contributed by atoms with Crippen molar-refractivity contribution in [3.63, 3.8) is 0 Å². The number of amides is 2. The van der Waals surface area contributed by atoms with Crippen LogP contribution < -0.4 is 24.4 Å². The summed E-state index contributed by atoms with van der Waals surface area (Å²) < 4.78 is 37.8. The van der Waals surface area contributed by atoms with E-state index in [1.807, 2.05) is 0 Å². The Kier molecular flexibility index (Phi) is 7.98. The van der Waals surface area contributed by atoms with Gasteiger partial charge in [-0.1, -0.05) is 0 Å². The van der Waals surface area contributed by atoms with Gasteiger partial charge in [-0.2, -0.15) is 0 Å². The number of rotatable bonds is 9. The van der Waals surface area contributed by atoms with Crippen molar-refractivity contribution in [2.24, 2.45) is 0 Å². The van der Waals surface area contributed by atoms with E-state index in [4.69, 9.17) is 9.47 Å². The molecule has 10 heteroatoms. The van der Waals surface area contributed by atoms with Crippen molar-refractivity contribution >= 4 is 38.9 Å². The van der Waals surface area contributed by atoms with E-state index in [1.165, 1.54) is 37.5 Å². The lowest BCUT2D eigenvalue weighted by Gasteiger charge is -2.20. The van der Waals surface area contributed by atoms with Gasteiger partial charge in [0.15, 0.2) is 6.10 Å². The highest BCUT2D eigenvalue weighted by molar-refractivity contribution is 7.92. The maximum Gasteiger partial charge on any atom is 0.265 e. The number of carbonyl (C=O) groups is 2. The Morgan fingerprint density at radius 3 is 1.86 bits per heavy atom. The van der Waals surface area contributed by atoms with Gasteiger partial charge in [0, 0.05) is 25.3 Å². The molecule has 35 heavy (non-hydrogen) atoms. The van der Waals surface area contributed by atoms with Crippen LogP contribution in [0.25, 0.3) is 0 Å². The molecular weight excluding hydrogens is 470 g/mol. The zero-order valence-corrected chi connectivity index (χ0v) is 20.6. The molecule has 2 amide bonds. The number of nitrogens with zero attached hydrogens (tertiary/aromatic N) is 1. The third kappa shape index (κ3) is 6.51. The first-order valence-corrected chi connectivity index (χ1v) is 12.1. The highest BCUT2D eigenvalue weighted by Crippen LogP contribution is 2.26. The molecule has 2 N–H and O–H groups in total. The SMILES string of the molecule is COc1ccc(S(=O)(=O)N(C)c2ccc(OC(C)C(=O)Nc3ccc(NC(C)=O)cc3)cc2)cc1. The molecule has 3 aromatic carbocycles. The van der Waals surface area contributed by atoms with Crippen LogP contribution in [0.4, 0.5) is 17.1 Å². The fourth-order valence-electron chi connectivity index (χ4n) is 3.12. The molecule has 0 saturated carbocycles. The number of methoxy groups -OCH3 is 1. The first-order chi connectivity index (χ1) is 16.6. The summed E-state index contributed by atoms with van der Waals surface area (Å²) in [5.41, 5.74) is 1.61. The molecule has 1 unspecified atom stereocenters. The summed E-state index contributed by atoms with van der Waals surface area (Å²) in [4.78, 5) is 23.7. The van der Waals surface area contributed by atoms with Gasteiger partial charge in [0.1, 0.15) is 11.5 Å². The van der Waals surface area contributed by atoms with Crippen molar-refractivity contribution in [1.82, 2.24) is 0 Å². The van der Waals surface area contributed by atoms with Crippen LogP contribution in [0.1, 0.15) is 13.8 Å². The van der Waals surface area contributed by atoms with Crippen LogP contribution in [0.2, 0.25) is 0 Å². The minimum absolute atomic E-state index is 0.136. The zero-order valence-electron chi connectivity index (χ0n) is 19.8. The number of benzene rings is 3. The fraction of sp³-hybridized carbons (Fsp3) is 0.200. The quantitative estimate of drug-likeness (QED) is 0.464. The van der Waals surface area contributed by atoms with E-state index in [9.17, 15) is 18.0 Å². The largest absolute Gasteiger partial charge is 0.497 e. The number of hydrogen-bond acceptors (Lipinski definition) is 6. The third-order valence-electron chi connectivity index (χ3n) is 5.07. The van der Waals surface area contributed by atoms with Gasteiger partial charge in [-0.15, -0.1) is 0 Å². The number of nitrogens with one attached hydrogen (secondary N) is 2.